The van der Waals surface area contributed by atoms with Gasteiger partial charge in [0.2, 0.25) is 0 Å². The predicted octanol–water partition coefficient (Wildman–Crippen LogP) is 1.14. The summed E-state index contributed by atoms with van der Waals surface area (Å²) < 4.78 is 0. The number of H-pyrrole nitrogens is 1. The first-order valence-electron chi connectivity index (χ1n) is 6.62. The molecule has 2 atom stereocenters. The lowest BCUT2D eigenvalue weighted by atomic mass is 9.92. The van der Waals surface area contributed by atoms with Crippen LogP contribution in [0.25, 0.3) is 0 Å². The molecule has 0 radical (unpaired) electrons. The Hall–Kier alpha value is -1.36. The molecule has 2 heterocycles. The molecule has 1 aliphatic rings. The van der Waals surface area contributed by atoms with Gasteiger partial charge in [0.25, 0.3) is 5.91 Å². The third-order valence-corrected chi connectivity index (χ3v) is 3.76. The SMILES string of the molecule is Cc1n[nH]c(C)c1C(=O)NC(C)C1CCCNC1. The highest BCUT2D eigenvalue weighted by Crippen LogP contribution is 2.16. The van der Waals surface area contributed by atoms with Gasteiger partial charge in [-0.2, -0.15) is 5.10 Å². The zero-order chi connectivity index (χ0) is 13.1. The maximum atomic E-state index is 12.2. The molecule has 5 heteroatoms. The number of aromatic nitrogens is 2. The van der Waals surface area contributed by atoms with Crippen molar-refractivity contribution in [3.05, 3.63) is 17.0 Å². The lowest BCUT2D eigenvalue weighted by Gasteiger charge is -2.28. The molecular weight excluding hydrogens is 228 g/mol. The molecule has 0 spiro atoms. The van der Waals surface area contributed by atoms with E-state index < -0.39 is 0 Å². The van der Waals surface area contributed by atoms with Gasteiger partial charge in [-0.15, -0.1) is 0 Å². The van der Waals surface area contributed by atoms with Crippen molar-refractivity contribution in [2.24, 2.45) is 5.92 Å². The van der Waals surface area contributed by atoms with E-state index in [0.29, 0.717) is 11.5 Å². The summed E-state index contributed by atoms with van der Waals surface area (Å²) in [5.74, 6) is 0.507. The minimum Gasteiger partial charge on any atom is -0.349 e. The molecule has 0 saturated carbocycles. The van der Waals surface area contributed by atoms with Crippen molar-refractivity contribution in [3.8, 4) is 0 Å². The topological polar surface area (TPSA) is 69.8 Å². The van der Waals surface area contributed by atoms with Crippen molar-refractivity contribution in [2.75, 3.05) is 13.1 Å². The monoisotopic (exact) mass is 250 g/mol. The van der Waals surface area contributed by atoms with Gasteiger partial charge in [0.05, 0.1) is 11.3 Å². The fraction of sp³-hybridized carbons (Fsp3) is 0.692. The molecule has 1 fully saturated rings. The van der Waals surface area contributed by atoms with Crippen LogP contribution in [-0.4, -0.2) is 35.2 Å². The van der Waals surface area contributed by atoms with Crippen LogP contribution in [0, 0.1) is 19.8 Å². The molecule has 1 saturated heterocycles. The van der Waals surface area contributed by atoms with E-state index in [9.17, 15) is 4.79 Å². The first-order valence-corrected chi connectivity index (χ1v) is 6.62. The standard InChI is InChI=1S/C13H22N4O/c1-8(11-5-4-6-14-7-11)15-13(18)12-9(2)16-17-10(12)3/h8,11,14H,4-7H2,1-3H3,(H,15,18)(H,16,17). The van der Waals surface area contributed by atoms with E-state index in [4.69, 9.17) is 0 Å². The van der Waals surface area contributed by atoms with Crippen LogP contribution in [0.4, 0.5) is 0 Å². The van der Waals surface area contributed by atoms with Gasteiger partial charge in [-0.3, -0.25) is 9.89 Å². The number of piperidine rings is 1. The molecule has 1 aromatic heterocycles. The summed E-state index contributed by atoms with van der Waals surface area (Å²) >= 11 is 0. The first kappa shape index (κ1) is 13.1. The van der Waals surface area contributed by atoms with Gasteiger partial charge < -0.3 is 10.6 Å². The van der Waals surface area contributed by atoms with Gasteiger partial charge in [-0.05, 0) is 52.6 Å². The van der Waals surface area contributed by atoms with Crippen LogP contribution in [0.15, 0.2) is 0 Å². The summed E-state index contributed by atoms with van der Waals surface area (Å²) in [6.07, 6.45) is 2.37. The van der Waals surface area contributed by atoms with Gasteiger partial charge in [-0.1, -0.05) is 0 Å². The molecule has 1 amide bonds. The van der Waals surface area contributed by atoms with E-state index in [-0.39, 0.29) is 11.9 Å². The molecule has 2 rings (SSSR count). The number of amides is 1. The molecule has 18 heavy (non-hydrogen) atoms. The van der Waals surface area contributed by atoms with Crippen LogP contribution in [0.2, 0.25) is 0 Å². The number of nitrogens with zero attached hydrogens (tertiary/aromatic N) is 1. The second-order valence-corrected chi connectivity index (χ2v) is 5.18. The number of aromatic amines is 1. The highest BCUT2D eigenvalue weighted by atomic mass is 16.1. The molecule has 1 aromatic rings. The predicted molar refractivity (Wildman–Crippen MR) is 70.6 cm³/mol. The number of aryl methyl sites for hydroxylation is 2. The normalized spacial score (nSPS) is 21.6. The van der Waals surface area contributed by atoms with Crippen molar-refractivity contribution in [1.29, 1.82) is 0 Å². The van der Waals surface area contributed by atoms with Crippen LogP contribution in [0.1, 0.15) is 41.5 Å². The zero-order valence-electron chi connectivity index (χ0n) is 11.3. The Balaban J connectivity index is 1.98. The number of hydrogen-bond donors (Lipinski definition) is 3. The lowest BCUT2D eigenvalue weighted by molar-refractivity contribution is 0.0921. The number of rotatable bonds is 3. The molecule has 0 bridgehead atoms. The van der Waals surface area contributed by atoms with Gasteiger partial charge in [0.15, 0.2) is 0 Å². The largest absolute Gasteiger partial charge is 0.349 e. The fourth-order valence-corrected chi connectivity index (χ4v) is 2.59. The van der Waals surface area contributed by atoms with E-state index in [1.807, 2.05) is 13.8 Å². The van der Waals surface area contributed by atoms with Gasteiger partial charge in [0.1, 0.15) is 0 Å². The van der Waals surface area contributed by atoms with Crippen molar-refractivity contribution < 1.29 is 4.79 Å². The Kier molecular flexibility index (Phi) is 4.01. The number of carbonyl (C=O) groups excluding carboxylic acids is 1. The molecule has 0 aliphatic carbocycles. The van der Waals surface area contributed by atoms with Crippen LogP contribution in [0.3, 0.4) is 0 Å². The van der Waals surface area contributed by atoms with Crippen molar-refractivity contribution in [1.82, 2.24) is 20.8 Å². The van der Waals surface area contributed by atoms with Crippen molar-refractivity contribution in [3.63, 3.8) is 0 Å². The third kappa shape index (κ3) is 2.72. The summed E-state index contributed by atoms with van der Waals surface area (Å²) in [6.45, 7) is 7.90. The van der Waals surface area contributed by atoms with E-state index in [2.05, 4.69) is 27.8 Å². The lowest BCUT2D eigenvalue weighted by Crippen LogP contribution is -2.44. The highest BCUT2D eigenvalue weighted by Gasteiger charge is 2.23. The highest BCUT2D eigenvalue weighted by molar-refractivity contribution is 5.96. The summed E-state index contributed by atoms with van der Waals surface area (Å²) in [7, 11) is 0. The van der Waals surface area contributed by atoms with Gasteiger partial charge >= 0.3 is 0 Å². The second-order valence-electron chi connectivity index (χ2n) is 5.18. The van der Waals surface area contributed by atoms with Crippen LogP contribution in [0.5, 0.6) is 0 Å². The second kappa shape index (κ2) is 5.52. The Labute approximate surface area is 108 Å². The average molecular weight is 250 g/mol. The van der Waals surface area contributed by atoms with Gasteiger partial charge in [0, 0.05) is 11.7 Å². The average Bonchev–Trinajstić information content (AvgIpc) is 2.70. The van der Waals surface area contributed by atoms with Crippen LogP contribution in [-0.2, 0) is 0 Å². The van der Waals surface area contributed by atoms with Crippen molar-refractivity contribution >= 4 is 5.91 Å². The van der Waals surface area contributed by atoms with E-state index in [1.165, 1.54) is 12.8 Å². The van der Waals surface area contributed by atoms with E-state index in [0.717, 1.165) is 24.5 Å². The molecule has 2 unspecified atom stereocenters. The minimum atomic E-state index is -0.0168. The Morgan fingerprint density at radius 2 is 2.28 bits per heavy atom. The number of hydrogen-bond acceptors (Lipinski definition) is 3. The maximum absolute atomic E-state index is 12.2. The molecule has 1 aliphatic heterocycles. The maximum Gasteiger partial charge on any atom is 0.255 e. The molecule has 5 nitrogen and oxygen atoms in total. The number of nitrogens with one attached hydrogen (secondary N) is 3. The quantitative estimate of drug-likeness (QED) is 0.753. The Morgan fingerprint density at radius 3 is 2.83 bits per heavy atom. The zero-order valence-corrected chi connectivity index (χ0v) is 11.3. The van der Waals surface area contributed by atoms with Gasteiger partial charge in [-0.25, -0.2) is 0 Å². The molecule has 0 aromatic carbocycles. The smallest absolute Gasteiger partial charge is 0.255 e. The summed E-state index contributed by atoms with van der Waals surface area (Å²) in [5.41, 5.74) is 2.28. The molecule has 3 N–H and O–H groups in total. The fourth-order valence-electron chi connectivity index (χ4n) is 2.59. The molecular formula is C13H22N4O. The number of carbonyl (C=O) groups is 1. The Morgan fingerprint density at radius 1 is 1.50 bits per heavy atom. The summed E-state index contributed by atoms with van der Waals surface area (Å²) in [4.78, 5) is 12.2. The van der Waals surface area contributed by atoms with E-state index in [1.54, 1.807) is 0 Å². The summed E-state index contributed by atoms with van der Waals surface area (Å²) in [6, 6.07) is 0.194. The first-order chi connectivity index (χ1) is 8.59. The molecule has 100 valence electrons. The Bertz CT molecular complexity index is 401. The van der Waals surface area contributed by atoms with Crippen LogP contribution >= 0.6 is 0 Å². The third-order valence-electron chi connectivity index (χ3n) is 3.76. The minimum absolute atomic E-state index is 0.0168. The van der Waals surface area contributed by atoms with E-state index >= 15 is 0 Å². The van der Waals surface area contributed by atoms with Crippen LogP contribution < -0.4 is 10.6 Å². The van der Waals surface area contributed by atoms with Crippen molar-refractivity contribution in [2.45, 2.75) is 39.7 Å². The summed E-state index contributed by atoms with van der Waals surface area (Å²) in [5, 5.41) is 13.4.